The van der Waals surface area contributed by atoms with Crippen molar-refractivity contribution >= 4 is 17.3 Å². The van der Waals surface area contributed by atoms with E-state index in [1.807, 2.05) is 24.3 Å². The third-order valence-corrected chi connectivity index (χ3v) is 4.37. The number of imidazole rings is 1. The van der Waals surface area contributed by atoms with Gasteiger partial charge in [0.05, 0.1) is 5.52 Å². The molecule has 0 aliphatic heterocycles. The number of carbonyl (C=O) groups excluding carboxylic acids is 2. The lowest BCUT2D eigenvalue weighted by Gasteiger charge is -2.04. The number of amides is 2. The van der Waals surface area contributed by atoms with Crippen LogP contribution in [0.3, 0.4) is 0 Å². The number of pyridine rings is 3. The molecule has 0 radical (unpaired) electrons. The van der Waals surface area contributed by atoms with Crippen LogP contribution >= 0.6 is 0 Å². The van der Waals surface area contributed by atoms with E-state index in [1.165, 1.54) is 0 Å². The number of carbonyl (C=O) groups is 2. The van der Waals surface area contributed by atoms with Gasteiger partial charge in [-0.2, -0.15) is 0 Å². The molecule has 0 aliphatic rings. The second-order valence-corrected chi connectivity index (χ2v) is 6.32. The molecule has 0 bridgehead atoms. The minimum atomic E-state index is -0.365. The Kier molecular flexibility index (Phi) is 5.24. The molecule has 0 unspecified atom stereocenters. The van der Waals surface area contributed by atoms with Gasteiger partial charge in [-0.3, -0.25) is 24.0 Å². The molecule has 0 atom stereocenters. The summed E-state index contributed by atoms with van der Waals surface area (Å²) in [5.74, 6) is -0.557. The first-order valence-electron chi connectivity index (χ1n) is 9.03. The number of hydrogen-bond donors (Lipinski definition) is 2. The van der Waals surface area contributed by atoms with Crippen LogP contribution in [0.4, 0.5) is 0 Å². The van der Waals surface area contributed by atoms with Gasteiger partial charge in [0, 0.05) is 44.1 Å². The van der Waals surface area contributed by atoms with E-state index in [4.69, 9.17) is 0 Å². The second-order valence-electron chi connectivity index (χ2n) is 6.32. The van der Waals surface area contributed by atoms with Crippen LogP contribution in [0.1, 0.15) is 32.2 Å². The van der Waals surface area contributed by atoms with Gasteiger partial charge in [0.1, 0.15) is 0 Å². The van der Waals surface area contributed by atoms with Gasteiger partial charge in [-0.15, -0.1) is 0 Å². The van der Waals surface area contributed by atoms with E-state index in [-0.39, 0.29) is 23.3 Å². The Labute approximate surface area is 166 Å². The van der Waals surface area contributed by atoms with Crippen molar-refractivity contribution in [2.75, 3.05) is 0 Å². The van der Waals surface area contributed by atoms with Gasteiger partial charge in [-0.05, 0) is 47.5 Å². The molecule has 144 valence electrons. The molecule has 0 spiro atoms. The molecule has 4 heterocycles. The molecule has 0 saturated heterocycles. The van der Waals surface area contributed by atoms with Crippen molar-refractivity contribution in [2.24, 2.45) is 0 Å². The van der Waals surface area contributed by atoms with E-state index in [9.17, 15) is 9.59 Å². The molecule has 4 aromatic rings. The van der Waals surface area contributed by atoms with Crippen LogP contribution in [0.25, 0.3) is 5.52 Å². The Morgan fingerprint density at radius 1 is 0.793 bits per heavy atom. The van der Waals surface area contributed by atoms with Crippen molar-refractivity contribution in [2.45, 2.75) is 13.1 Å². The van der Waals surface area contributed by atoms with Gasteiger partial charge >= 0.3 is 0 Å². The number of fused-ring (bicyclic) bond motifs is 1. The fourth-order valence-corrected chi connectivity index (χ4v) is 2.89. The third-order valence-electron chi connectivity index (χ3n) is 4.37. The Balaban J connectivity index is 1.54. The maximum absolute atomic E-state index is 12.7. The molecule has 0 saturated carbocycles. The summed E-state index contributed by atoms with van der Waals surface area (Å²) in [6.07, 6.45) is 8.37. The van der Waals surface area contributed by atoms with E-state index in [0.717, 1.165) is 11.1 Å². The zero-order valence-electron chi connectivity index (χ0n) is 15.4. The summed E-state index contributed by atoms with van der Waals surface area (Å²) >= 11 is 0. The fourth-order valence-electron chi connectivity index (χ4n) is 2.89. The maximum atomic E-state index is 12.7. The first kappa shape index (κ1) is 18.3. The lowest BCUT2D eigenvalue weighted by Crippen LogP contribution is -2.26. The monoisotopic (exact) mass is 386 g/mol. The van der Waals surface area contributed by atoms with Gasteiger partial charge in [-0.1, -0.05) is 6.07 Å². The van der Waals surface area contributed by atoms with Crippen molar-refractivity contribution < 1.29 is 9.59 Å². The summed E-state index contributed by atoms with van der Waals surface area (Å²) in [4.78, 5) is 37.6. The second kappa shape index (κ2) is 8.30. The number of nitrogens with zero attached hydrogens (tertiary/aromatic N) is 4. The lowest BCUT2D eigenvalue weighted by molar-refractivity contribution is 0.0939. The SMILES string of the molecule is O=C(NCc1ccncc1)c1nc(C(=O)NCc2ccncc2)n2ccccc12. The largest absolute Gasteiger partial charge is 0.347 e. The molecule has 2 N–H and O–H groups in total. The fraction of sp³-hybridized carbons (Fsp3) is 0.0952. The molecule has 4 rings (SSSR count). The molecule has 0 aliphatic carbocycles. The average molecular weight is 386 g/mol. The molecule has 8 nitrogen and oxygen atoms in total. The topological polar surface area (TPSA) is 101 Å². The molecular weight excluding hydrogens is 368 g/mol. The molecular formula is C21H18N6O2. The lowest BCUT2D eigenvalue weighted by atomic mass is 10.2. The molecule has 8 heteroatoms. The highest BCUT2D eigenvalue weighted by atomic mass is 16.2. The summed E-state index contributed by atoms with van der Waals surface area (Å²) < 4.78 is 1.61. The van der Waals surface area contributed by atoms with E-state index in [1.54, 1.807) is 53.6 Å². The van der Waals surface area contributed by atoms with Gasteiger partial charge in [-0.25, -0.2) is 4.98 Å². The van der Waals surface area contributed by atoms with E-state index in [2.05, 4.69) is 25.6 Å². The Hall–Kier alpha value is -4.07. The van der Waals surface area contributed by atoms with Crippen LogP contribution in [0, 0.1) is 0 Å². The van der Waals surface area contributed by atoms with Gasteiger partial charge in [0.15, 0.2) is 5.69 Å². The number of aromatic nitrogens is 4. The van der Waals surface area contributed by atoms with Crippen LogP contribution in [-0.4, -0.2) is 31.2 Å². The molecule has 29 heavy (non-hydrogen) atoms. The highest BCUT2D eigenvalue weighted by Gasteiger charge is 2.21. The highest BCUT2D eigenvalue weighted by molar-refractivity contribution is 6.02. The van der Waals surface area contributed by atoms with Crippen LogP contribution in [0.2, 0.25) is 0 Å². The third kappa shape index (κ3) is 4.11. The molecule has 0 aromatic carbocycles. The predicted molar refractivity (Wildman–Crippen MR) is 106 cm³/mol. The summed E-state index contributed by atoms with van der Waals surface area (Å²) in [6.45, 7) is 0.684. The van der Waals surface area contributed by atoms with Crippen molar-refractivity contribution in [3.8, 4) is 0 Å². The first-order valence-corrected chi connectivity index (χ1v) is 9.03. The molecule has 4 aromatic heterocycles. The first-order chi connectivity index (χ1) is 14.2. The van der Waals surface area contributed by atoms with Gasteiger partial charge < -0.3 is 10.6 Å². The van der Waals surface area contributed by atoms with Crippen molar-refractivity contribution in [1.29, 1.82) is 0 Å². The van der Waals surface area contributed by atoms with E-state index >= 15 is 0 Å². The summed E-state index contributed by atoms with van der Waals surface area (Å²) in [5.41, 5.74) is 2.61. The van der Waals surface area contributed by atoms with Gasteiger partial charge in [0.25, 0.3) is 11.8 Å². The number of hydrogen-bond acceptors (Lipinski definition) is 5. The van der Waals surface area contributed by atoms with E-state index < -0.39 is 0 Å². The van der Waals surface area contributed by atoms with Crippen molar-refractivity contribution in [1.82, 2.24) is 30.0 Å². The summed E-state index contributed by atoms with van der Waals surface area (Å²) in [6, 6.07) is 12.6. The van der Waals surface area contributed by atoms with E-state index in [0.29, 0.717) is 18.6 Å². The van der Waals surface area contributed by atoms with Crippen molar-refractivity contribution in [3.63, 3.8) is 0 Å². The van der Waals surface area contributed by atoms with Gasteiger partial charge in [0.2, 0.25) is 5.82 Å². The van der Waals surface area contributed by atoms with Crippen LogP contribution in [0.15, 0.2) is 73.4 Å². The quantitative estimate of drug-likeness (QED) is 0.528. The van der Waals surface area contributed by atoms with Crippen LogP contribution < -0.4 is 10.6 Å². The smallest absolute Gasteiger partial charge is 0.287 e. The minimum absolute atomic E-state index is 0.156. The minimum Gasteiger partial charge on any atom is -0.347 e. The predicted octanol–water partition coefficient (Wildman–Crippen LogP) is 1.98. The summed E-state index contributed by atoms with van der Waals surface area (Å²) in [7, 11) is 0. The highest BCUT2D eigenvalue weighted by Crippen LogP contribution is 2.14. The zero-order valence-corrected chi connectivity index (χ0v) is 15.4. The molecule has 0 fully saturated rings. The van der Waals surface area contributed by atoms with Crippen LogP contribution in [-0.2, 0) is 13.1 Å². The standard InChI is InChI=1S/C21H18N6O2/c28-20(24-13-15-4-8-22-9-5-15)18-17-3-1-2-12-27(17)19(26-18)21(29)25-14-16-6-10-23-11-7-16/h1-12H,13-14H2,(H,24,28)(H,25,29). The van der Waals surface area contributed by atoms with Crippen LogP contribution in [0.5, 0.6) is 0 Å². The number of nitrogens with one attached hydrogen (secondary N) is 2. The Morgan fingerprint density at radius 3 is 2.00 bits per heavy atom. The summed E-state index contributed by atoms with van der Waals surface area (Å²) in [5, 5.41) is 5.67. The normalized spacial score (nSPS) is 10.6. The Bertz CT molecular complexity index is 1050. The Morgan fingerprint density at radius 2 is 1.38 bits per heavy atom. The van der Waals surface area contributed by atoms with Crippen molar-refractivity contribution in [3.05, 3.63) is 96.1 Å². The number of rotatable bonds is 6. The average Bonchev–Trinajstić information content (AvgIpc) is 3.17. The maximum Gasteiger partial charge on any atom is 0.287 e. The zero-order chi connectivity index (χ0) is 20.1. The molecule has 2 amide bonds.